The summed E-state index contributed by atoms with van der Waals surface area (Å²) in [4.78, 5) is 4.90. The maximum atomic E-state index is 9.56. The molecule has 0 bridgehead atoms. The normalized spacial score (nSPS) is 27.7. The zero-order valence-electron chi connectivity index (χ0n) is 11.9. The van der Waals surface area contributed by atoms with E-state index in [0.29, 0.717) is 6.04 Å². The average molecular weight is 243 g/mol. The van der Waals surface area contributed by atoms with Crippen LogP contribution in [0.5, 0.6) is 0 Å². The molecular formula is C13H29N3O. The maximum Gasteiger partial charge on any atom is 0.0623 e. The van der Waals surface area contributed by atoms with E-state index >= 15 is 0 Å². The largest absolute Gasteiger partial charge is 0.394 e. The zero-order chi connectivity index (χ0) is 12.9. The fraction of sp³-hybridized carbons (Fsp3) is 1.00. The van der Waals surface area contributed by atoms with E-state index in [2.05, 4.69) is 42.9 Å². The molecule has 0 aromatic heterocycles. The molecule has 0 aromatic carbocycles. The Hall–Kier alpha value is -0.160. The molecule has 0 aliphatic carbocycles. The van der Waals surface area contributed by atoms with Gasteiger partial charge in [-0.05, 0) is 47.0 Å². The first-order valence-electron chi connectivity index (χ1n) is 6.79. The van der Waals surface area contributed by atoms with Gasteiger partial charge in [-0.15, -0.1) is 0 Å². The van der Waals surface area contributed by atoms with Crippen LogP contribution >= 0.6 is 0 Å². The molecule has 1 saturated heterocycles. The Morgan fingerprint density at radius 3 is 2.71 bits per heavy atom. The van der Waals surface area contributed by atoms with Crippen LogP contribution in [0.15, 0.2) is 0 Å². The molecular weight excluding hydrogens is 214 g/mol. The van der Waals surface area contributed by atoms with Crippen LogP contribution in [0.25, 0.3) is 0 Å². The zero-order valence-corrected chi connectivity index (χ0v) is 11.9. The van der Waals surface area contributed by atoms with Crippen molar-refractivity contribution >= 4 is 0 Å². The monoisotopic (exact) mass is 243 g/mol. The molecule has 0 spiro atoms. The summed E-state index contributed by atoms with van der Waals surface area (Å²) in [7, 11) is 2.19. The van der Waals surface area contributed by atoms with Crippen LogP contribution in [0.4, 0.5) is 0 Å². The van der Waals surface area contributed by atoms with Crippen molar-refractivity contribution < 1.29 is 5.11 Å². The first-order chi connectivity index (χ1) is 8.00. The van der Waals surface area contributed by atoms with E-state index in [4.69, 9.17) is 0 Å². The van der Waals surface area contributed by atoms with Crippen LogP contribution in [-0.4, -0.2) is 72.9 Å². The van der Waals surface area contributed by atoms with Gasteiger partial charge in [0.25, 0.3) is 0 Å². The quantitative estimate of drug-likeness (QED) is 0.732. The molecule has 1 rings (SSSR count). The van der Waals surface area contributed by atoms with E-state index in [9.17, 15) is 5.11 Å². The second-order valence-corrected chi connectivity index (χ2v) is 5.68. The molecule has 0 amide bonds. The summed E-state index contributed by atoms with van der Waals surface area (Å²) in [5, 5.41) is 13.0. The van der Waals surface area contributed by atoms with E-state index in [0.717, 1.165) is 26.2 Å². The summed E-state index contributed by atoms with van der Waals surface area (Å²) in [6.45, 7) is 11.9. The van der Waals surface area contributed by atoms with Crippen LogP contribution in [0, 0.1) is 0 Å². The van der Waals surface area contributed by atoms with Crippen molar-refractivity contribution in [1.82, 2.24) is 15.1 Å². The molecule has 2 unspecified atom stereocenters. The minimum absolute atomic E-state index is 0.175. The molecule has 102 valence electrons. The average Bonchev–Trinajstić information content (AvgIpc) is 2.41. The summed E-state index contributed by atoms with van der Waals surface area (Å²) in [5.41, 5.74) is -0.175. The molecule has 2 N–H and O–H groups in total. The third kappa shape index (κ3) is 4.54. The molecule has 4 nitrogen and oxygen atoms in total. The Kier molecular flexibility index (Phi) is 5.86. The lowest BCUT2D eigenvalue weighted by Gasteiger charge is -2.37. The van der Waals surface area contributed by atoms with Gasteiger partial charge in [-0.3, -0.25) is 4.90 Å². The Morgan fingerprint density at radius 1 is 1.41 bits per heavy atom. The smallest absolute Gasteiger partial charge is 0.0623 e. The number of hydrogen-bond acceptors (Lipinski definition) is 4. The second-order valence-electron chi connectivity index (χ2n) is 5.68. The highest BCUT2D eigenvalue weighted by molar-refractivity contribution is 4.88. The van der Waals surface area contributed by atoms with Crippen molar-refractivity contribution in [3.8, 4) is 0 Å². The lowest BCUT2D eigenvalue weighted by Crippen LogP contribution is -2.56. The highest BCUT2D eigenvalue weighted by Crippen LogP contribution is 2.13. The van der Waals surface area contributed by atoms with Crippen molar-refractivity contribution in [3.05, 3.63) is 0 Å². The number of likely N-dealkylation sites (N-methyl/N-ethyl adjacent to an activating group) is 2. The number of nitrogens with zero attached hydrogens (tertiary/aromatic N) is 2. The number of hydrogen-bond donors (Lipinski definition) is 2. The molecule has 1 fully saturated rings. The number of nitrogens with one attached hydrogen (secondary N) is 1. The van der Waals surface area contributed by atoms with Crippen molar-refractivity contribution in [2.45, 2.75) is 38.8 Å². The van der Waals surface area contributed by atoms with Gasteiger partial charge in [0.1, 0.15) is 0 Å². The Morgan fingerprint density at radius 2 is 2.12 bits per heavy atom. The SMILES string of the molecule is CCNC(C)(CO)CN1CCCN(C)CC1C. The molecule has 0 aromatic rings. The third-order valence-electron chi connectivity index (χ3n) is 3.69. The summed E-state index contributed by atoms with van der Waals surface area (Å²) in [6, 6.07) is 0.562. The molecule has 2 atom stereocenters. The van der Waals surface area contributed by atoms with E-state index in [1.165, 1.54) is 13.0 Å². The lowest BCUT2D eigenvalue weighted by atomic mass is 10.0. The van der Waals surface area contributed by atoms with Crippen molar-refractivity contribution in [3.63, 3.8) is 0 Å². The van der Waals surface area contributed by atoms with Crippen molar-refractivity contribution in [2.24, 2.45) is 0 Å². The minimum Gasteiger partial charge on any atom is -0.394 e. The lowest BCUT2D eigenvalue weighted by molar-refractivity contribution is 0.101. The Balaban J connectivity index is 2.58. The van der Waals surface area contributed by atoms with Crippen LogP contribution in [0.2, 0.25) is 0 Å². The van der Waals surface area contributed by atoms with E-state index in [1.807, 2.05) is 0 Å². The first-order valence-corrected chi connectivity index (χ1v) is 6.79. The molecule has 1 heterocycles. The van der Waals surface area contributed by atoms with Gasteiger partial charge in [0.15, 0.2) is 0 Å². The van der Waals surface area contributed by atoms with Crippen LogP contribution in [0.3, 0.4) is 0 Å². The van der Waals surface area contributed by atoms with Gasteiger partial charge in [0.2, 0.25) is 0 Å². The Bertz CT molecular complexity index is 225. The van der Waals surface area contributed by atoms with E-state index in [-0.39, 0.29) is 12.1 Å². The highest BCUT2D eigenvalue weighted by Gasteiger charge is 2.29. The fourth-order valence-electron chi connectivity index (χ4n) is 2.69. The standard InChI is InChI=1S/C13H29N3O/c1-5-14-13(3,11-17)10-16-8-6-7-15(4)9-12(16)2/h12,14,17H,5-11H2,1-4H3. The van der Waals surface area contributed by atoms with Crippen molar-refractivity contribution in [2.75, 3.05) is 46.4 Å². The number of rotatable bonds is 5. The van der Waals surface area contributed by atoms with Gasteiger partial charge in [-0.25, -0.2) is 0 Å². The molecule has 1 aliphatic rings. The summed E-state index contributed by atoms with van der Waals surface area (Å²) in [6.07, 6.45) is 1.22. The maximum absolute atomic E-state index is 9.56. The van der Waals surface area contributed by atoms with E-state index in [1.54, 1.807) is 0 Å². The first kappa shape index (κ1) is 14.9. The van der Waals surface area contributed by atoms with Crippen LogP contribution in [-0.2, 0) is 0 Å². The van der Waals surface area contributed by atoms with Crippen LogP contribution < -0.4 is 5.32 Å². The molecule has 4 heteroatoms. The number of aliphatic hydroxyl groups is 1. The molecule has 17 heavy (non-hydrogen) atoms. The summed E-state index contributed by atoms with van der Waals surface area (Å²) < 4.78 is 0. The minimum atomic E-state index is -0.175. The molecule has 0 saturated carbocycles. The van der Waals surface area contributed by atoms with Gasteiger partial charge in [-0.1, -0.05) is 6.92 Å². The van der Waals surface area contributed by atoms with Crippen molar-refractivity contribution in [1.29, 1.82) is 0 Å². The van der Waals surface area contributed by atoms with Gasteiger partial charge in [0.05, 0.1) is 12.1 Å². The number of aliphatic hydroxyl groups excluding tert-OH is 1. The molecule has 1 aliphatic heterocycles. The predicted octanol–water partition coefficient (Wildman–Crippen LogP) is 0.373. The Labute approximate surface area is 106 Å². The van der Waals surface area contributed by atoms with Crippen LogP contribution in [0.1, 0.15) is 27.2 Å². The fourth-order valence-corrected chi connectivity index (χ4v) is 2.69. The molecule has 0 radical (unpaired) electrons. The second kappa shape index (κ2) is 6.69. The highest BCUT2D eigenvalue weighted by atomic mass is 16.3. The summed E-state index contributed by atoms with van der Waals surface area (Å²) in [5.74, 6) is 0. The predicted molar refractivity (Wildman–Crippen MR) is 72.3 cm³/mol. The van der Waals surface area contributed by atoms with Gasteiger partial charge < -0.3 is 15.3 Å². The van der Waals surface area contributed by atoms with Gasteiger partial charge in [0, 0.05) is 19.1 Å². The summed E-state index contributed by atoms with van der Waals surface area (Å²) >= 11 is 0. The topological polar surface area (TPSA) is 38.7 Å². The van der Waals surface area contributed by atoms with E-state index < -0.39 is 0 Å². The van der Waals surface area contributed by atoms with Gasteiger partial charge in [-0.2, -0.15) is 0 Å². The third-order valence-corrected chi connectivity index (χ3v) is 3.69. The van der Waals surface area contributed by atoms with Gasteiger partial charge >= 0.3 is 0 Å².